The summed E-state index contributed by atoms with van der Waals surface area (Å²) in [6.45, 7) is 14.9. The van der Waals surface area contributed by atoms with Crippen molar-refractivity contribution in [2.45, 2.75) is 276 Å². The van der Waals surface area contributed by atoms with Crippen LogP contribution in [-0.4, -0.2) is 181 Å². The van der Waals surface area contributed by atoms with Crippen molar-refractivity contribution in [3.63, 3.8) is 0 Å². The highest BCUT2D eigenvalue weighted by molar-refractivity contribution is 5.80. The fourth-order valence-electron chi connectivity index (χ4n) is 16.8. The molecule has 0 aromatic heterocycles. The van der Waals surface area contributed by atoms with Gasteiger partial charge in [0.2, 0.25) is 12.2 Å². The minimum absolute atomic E-state index is 0.0420. The number of ketones is 1. The predicted molar refractivity (Wildman–Crippen MR) is 287 cm³/mol. The highest BCUT2D eigenvalue weighted by atomic mass is 16.8. The summed E-state index contributed by atoms with van der Waals surface area (Å²) < 4.78 is 36.5. The molecule has 4 saturated carbocycles. The first-order chi connectivity index (χ1) is 37.6. The van der Waals surface area contributed by atoms with E-state index in [2.05, 4.69) is 46.0 Å². The molecule has 3 saturated heterocycles. The molecule has 24 atom stereocenters. The second-order valence-electron chi connectivity index (χ2n) is 27.4. The van der Waals surface area contributed by atoms with Crippen molar-refractivity contribution >= 4 is 23.9 Å². The van der Waals surface area contributed by atoms with E-state index in [4.69, 9.17) is 28.4 Å². The van der Waals surface area contributed by atoms with Crippen molar-refractivity contribution in [1.29, 1.82) is 0 Å². The van der Waals surface area contributed by atoms with Crippen molar-refractivity contribution in [2.24, 2.45) is 50.2 Å². The normalized spacial score (nSPS) is 47.1. The van der Waals surface area contributed by atoms with Crippen LogP contribution in [0.1, 0.15) is 177 Å². The smallest absolute Gasteiger partial charge is 0.317 e. The van der Waals surface area contributed by atoms with Crippen LogP contribution >= 0.6 is 0 Å². The van der Waals surface area contributed by atoms with E-state index in [9.17, 15) is 60.3 Å². The topological polar surface area (TPSA) is 318 Å². The molecule has 5 aliphatic carbocycles. The summed E-state index contributed by atoms with van der Waals surface area (Å²) in [6.07, 6.45) is -7.07. The third-order valence-electron chi connectivity index (χ3n) is 21.9. The third kappa shape index (κ3) is 11.7. The first kappa shape index (κ1) is 63.5. The fourth-order valence-corrected chi connectivity index (χ4v) is 16.8. The van der Waals surface area contributed by atoms with Crippen LogP contribution in [0, 0.1) is 50.2 Å². The molecule has 456 valence electrons. The standard InChI is InChI=1S/C60H97NO19/c1-32(64)17-15-13-11-9-10-12-14-16-18-42(68)61-43-37(29-62)77-53(50(45(43)70)79-52-48(73)46(71)49(33(2)76-52)78-51-47(72)44(69)36(65)30-75-51)80-54(74)60-26-25-55(3,4)27-35(60)34-19-20-39-56(5)23-22-40(66)57(6,31-63)38(56)21-24-58(39,7)59(34,8)28-41(60)67/h19,31,33,35-41,43-53,62,65-67,69-73H,9-18,20-30H2,1-8H3,(H,61,68)/t33?,35?,36-,37?,38-,39?,40+,41?,43+,44?,45?,46?,47?,48?,49+,50?,51+,52+,53+,56?,57-,58?,59-,60-/m1/s1. The van der Waals surface area contributed by atoms with Crippen LogP contribution in [0.4, 0.5) is 0 Å². The Balaban J connectivity index is 1.04. The number of nitrogens with one attached hydrogen (secondary N) is 1. The lowest BCUT2D eigenvalue weighted by Gasteiger charge is -2.71. The summed E-state index contributed by atoms with van der Waals surface area (Å²) in [5, 5.41) is 104. The van der Waals surface area contributed by atoms with E-state index >= 15 is 4.79 Å². The second kappa shape index (κ2) is 24.8. The van der Waals surface area contributed by atoms with Crippen molar-refractivity contribution in [1.82, 2.24) is 5.32 Å². The lowest BCUT2D eigenvalue weighted by Crippen LogP contribution is -2.69. The molecule has 10 N–H and O–H groups in total. The molecule has 20 heteroatoms. The maximum atomic E-state index is 15.7. The Hall–Kier alpha value is -2.54. The third-order valence-corrected chi connectivity index (χ3v) is 21.9. The van der Waals surface area contributed by atoms with Gasteiger partial charge in [-0.25, -0.2) is 0 Å². The first-order valence-electron chi connectivity index (χ1n) is 30.1. The van der Waals surface area contributed by atoms with Gasteiger partial charge in [0.15, 0.2) is 18.7 Å². The zero-order chi connectivity index (χ0) is 58.5. The number of carbonyl (C=O) groups is 4. The summed E-state index contributed by atoms with van der Waals surface area (Å²) in [5.41, 5.74) is -2.85. The number of hydrogen-bond acceptors (Lipinski definition) is 19. The molecule has 0 radical (unpaired) electrons. The number of hydrogen-bond donors (Lipinski definition) is 10. The van der Waals surface area contributed by atoms with Gasteiger partial charge in [0, 0.05) is 12.8 Å². The van der Waals surface area contributed by atoms with Gasteiger partial charge in [-0.2, -0.15) is 0 Å². The molecule has 0 bridgehead atoms. The van der Waals surface area contributed by atoms with Crippen molar-refractivity contribution in [2.75, 3.05) is 13.2 Å². The fraction of sp³-hybridized carbons (Fsp3) is 0.900. The molecule has 8 rings (SSSR count). The van der Waals surface area contributed by atoms with E-state index in [0.717, 1.165) is 76.1 Å². The maximum absolute atomic E-state index is 15.7. The van der Waals surface area contributed by atoms with Gasteiger partial charge in [-0.15, -0.1) is 0 Å². The van der Waals surface area contributed by atoms with Gasteiger partial charge in [-0.3, -0.25) is 9.59 Å². The van der Waals surface area contributed by atoms with Crippen LogP contribution in [0.25, 0.3) is 0 Å². The quantitative estimate of drug-likeness (QED) is 0.0361. The lowest BCUT2D eigenvalue weighted by atomic mass is 9.33. The average molecular weight is 1140 g/mol. The molecule has 3 aliphatic heterocycles. The summed E-state index contributed by atoms with van der Waals surface area (Å²) in [7, 11) is 0. The molecule has 0 aromatic rings. The summed E-state index contributed by atoms with van der Waals surface area (Å²) >= 11 is 0. The number of Topliss-reactive ketones (excluding diaryl/α,β-unsaturated/α-hetero) is 1. The largest absolute Gasteiger partial charge is 0.432 e. The number of aldehydes is 1. The Labute approximate surface area is 472 Å². The van der Waals surface area contributed by atoms with Gasteiger partial charge < -0.3 is 89.3 Å². The van der Waals surface area contributed by atoms with Crippen molar-refractivity contribution in [3.05, 3.63) is 11.6 Å². The van der Waals surface area contributed by atoms with Gasteiger partial charge >= 0.3 is 5.97 Å². The van der Waals surface area contributed by atoms with Crippen LogP contribution in [0.3, 0.4) is 0 Å². The van der Waals surface area contributed by atoms with E-state index in [0.29, 0.717) is 38.5 Å². The number of esters is 1. The van der Waals surface area contributed by atoms with E-state index in [-0.39, 0.29) is 53.1 Å². The molecule has 0 aromatic carbocycles. The molecule has 1 amide bonds. The van der Waals surface area contributed by atoms with Crippen LogP contribution in [0.5, 0.6) is 0 Å². The van der Waals surface area contributed by atoms with E-state index in [1.54, 1.807) is 6.92 Å². The molecule has 13 unspecified atom stereocenters. The monoisotopic (exact) mass is 1140 g/mol. The molecule has 7 fully saturated rings. The Bertz CT molecular complexity index is 2220. The lowest BCUT2D eigenvalue weighted by molar-refractivity contribution is -0.370. The Morgan fingerprint density at radius 1 is 0.700 bits per heavy atom. The molecular weight excluding hydrogens is 1040 g/mol. The number of unbranched alkanes of at least 4 members (excludes halogenated alkanes) is 7. The van der Waals surface area contributed by atoms with E-state index < -0.39 is 145 Å². The molecule has 8 aliphatic rings. The number of carbonyl (C=O) groups excluding carboxylic acids is 4. The van der Waals surface area contributed by atoms with Crippen molar-refractivity contribution < 1.29 is 93.6 Å². The number of allylic oxidation sites excluding steroid dienone is 2. The van der Waals surface area contributed by atoms with Gasteiger partial charge in [0.05, 0.1) is 43.0 Å². The molecule has 3 heterocycles. The van der Waals surface area contributed by atoms with Crippen LogP contribution in [0.2, 0.25) is 0 Å². The average Bonchev–Trinajstić information content (AvgIpc) is 3.49. The Kier molecular flexibility index (Phi) is 19.7. The van der Waals surface area contributed by atoms with Gasteiger partial charge in [0.1, 0.15) is 66.3 Å². The zero-order valence-corrected chi connectivity index (χ0v) is 48.6. The van der Waals surface area contributed by atoms with Gasteiger partial charge in [-0.05, 0) is 124 Å². The summed E-state index contributed by atoms with van der Waals surface area (Å²) in [6, 6.07) is -1.34. The summed E-state index contributed by atoms with van der Waals surface area (Å²) in [4.78, 5) is 53.4. The minimum atomic E-state index is -1.94. The number of ether oxygens (including phenoxy) is 6. The SMILES string of the molecule is CC(=O)CCCCCCCCCCC(=O)N[C@H]1C(CO)O[C@@H](OC(=O)[C@]23CCC(C)(C)CC2C2=CCC4C5(C)CC[C@H](O)[C@](C)(C=O)[C@@H]5CCC4(C)[C@]2(C)CC3O)C(O[C@@H]2OC(C)[C@H](O[C@@H]3OC[C@@H](O)C(O)C3O)C(O)C2O)C1O. The van der Waals surface area contributed by atoms with Gasteiger partial charge in [0.25, 0.3) is 0 Å². The molecular formula is C60H97NO19. The summed E-state index contributed by atoms with van der Waals surface area (Å²) in [5.74, 6) is -1.52. The second-order valence-corrected chi connectivity index (χ2v) is 27.4. The number of aliphatic hydroxyl groups excluding tert-OH is 9. The van der Waals surface area contributed by atoms with E-state index in [1.807, 2.05) is 6.92 Å². The molecule has 20 nitrogen and oxygen atoms in total. The number of fused-ring (bicyclic) bond motifs is 7. The number of amides is 1. The predicted octanol–water partition coefficient (Wildman–Crippen LogP) is 3.57. The maximum Gasteiger partial charge on any atom is 0.317 e. The number of rotatable bonds is 20. The first-order valence-corrected chi connectivity index (χ1v) is 30.1. The Morgan fingerprint density at radius 2 is 1.34 bits per heavy atom. The highest BCUT2D eigenvalue weighted by Crippen LogP contribution is 2.76. The van der Waals surface area contributed by atoms with Crippen LogP contribution in [-0.2, 0) is 47.6 Å². The van der Waals surface area contributed by atoms with Crippen LogP contribution in [0.15, 0.2) is 11.6 Å². The molecule has 80 heavy (non-hydrogen) atoms. The Morgan fingerprint density at radius 3 is 1.99 bits per heavy atom. The van der Waals surface area contributed by atoms with Crippen molar-refractivity contribution in [3.8, 4) is 0 Å². The number of aliphatic hydroxyl groups is 9. The van der Waals surface area contributed by atoms with Gasteiger partial charge in [-0.1, -0.05) is 91.7 Å². The zero-order valence-electron chi connectivity index (χ0n) is 48.6. The van der Waals surface area contributed by atoms with Crippen LogP contribution < -0.4 is 5.32 Å². The molecule has 0 spiro atoms. The highest BCUT2D eigenvalue weighted by Gasteiger charge is 2.72. The van der Waals surface area contributed by atoms with E-state index in [1.165, 1.54) is 6.92 Å². The minimum Gasteiger partial charge on any atom is -0.432 e.